The van der Waals surface area contributed by atoms with Gasteiger partial charge >= 0.3 is 0 Å². The van der Waals surface area contributed by atoms with Crippen LogP contribution in [0, 0.1) is 6.92 Å². The molecule has 1 saturated heterocycles. The number of fused-ring (bicyclic) bond motifs is 3. The quantitative estimate of drug-likeness (QED) is 0.645. The summed E-state index contributed by atoms with van der Waals surface area (Å²) >= 11 is 0. The molecule has 5 rings (SSSR count). The predicted octanol–water partition coefficient (Wildman–Crippen LogP) is 3.37. The molecule has 2 aromatic carbocycles. The third-order valence-corrected chi connectivity index (χ3v) is 6.28. The normalized spacial score (nSPS) is 19.5. The van der Waals surface area contributed by atoms with Crippen LogP contribution in [0.4, 0.5) is 11.4 Å². The Balaban J connectivity index is 1.35. The number of nitrogens with zero attached hydrogens (tertiary/aromatic N) is 4. The monoisotopic (exact) mass is 445 g/mol. The van der Waals surface area contributed by atoms with Crippen LogP contribution in [0.3, 0.4) is 0 Å². The molecule has 1 aromatic heterocycles. The van der Waals surface area contributed by atoms with Crippen LogP contribution in [0.15, 0.2) is 53.1 Å². The lowest BCUT2D eigenvalue weighted by Crippen LogP contribution is -2.62. The predicted molar refractivity (Wildman–Crippen MR) is 120 cm³/mol. The smallest absolute Gasteiger partial charge is 0.257 e. The number of hydrogen-bond donors (Lipinski definition) is 1. The first-order chi connectivity index (χ1) is 15.9. The molecule has 3 heterocycles. The molecule has 33 heavy (non-hydrogen) atoms. The second-order valence-corrected chi connectivity index (χ2v) is 8.40. The van der Waals surface area contributed by atoms with E-state index in [2.05, 4.69) is 15.5 Å². The molecule has 3 amide bonds. The van der Waals surface area contributed by atoms with Crippen LogP contribution < -0.4 is 10.2 Å². The molecule has 0 bridgehead atoms. The van der Waals surface area contributed by atoms with Gasteiger partial charge in [0.25, 0.3) is 5.91 Å². The van der Waals surface area contributed by atoms with E-state index in [-0.39, 0.29) is 30.7 Å². The molecule has 0 saturated carbocycles. The summed E-state index contributed by atoms with van der Waals surface area (Å²) in [6.07, 6.45) is 0.955. The lowest BCUT2D eigenvalue weighted by molar-refractivity contribution is -0.117. The van der Waals surface area contributed by atoms with Gasteiger partial charge in [0.05, 0.1) is 16.9 Å². The standard InChI is InChI=1S/C24H23N5O4/c1-15-25-22(27-33-15)16-7-3-5-9-18(16)26-20(30)12-14-28-23(32)17-8-4-6-10-19(17)29-21(31)11-13-24(28,29)2/h3-10H,11-14H2,1-2H3,(H,26,30). The van der Waals surface area contributed by atoms with Gasteiger partial charge in [-0.05, 0) is 37.6 Å². The zero-order valence-corrected chi connectivity index (χ0v) is 18.4. The number of aryl methyl sites for hydroxylation is 1. The average Bonchev–Trinajstić information content (AvgIpc) is 3.37. The van der Waals surface area contributed by atoms with Gasteiger partial charge in [-0.3, -0.25) is 19.3 Å². The molecule has 2 aliphatic heterocycles. The van der Waals surface area contributed by atoms with E-state index in [0.717, 1.165) is 0 Å². The second kappa shape index (κ2) is 7.84. The number of nitrogens with one attached hydrogen (secondary N) is 1. The Morgan fingerprint density at radius 2 is 1.85 bits per heavy atom. The van der Waals surface area contributed by atoms with Crippen molar-refractivity contribution < 1.29 is 18.9 Å². The molecule has 9 heteroatoms. The van der Waals surface area contributed by atoms with Crippen molar-refractivity contribution in [3.8, 4) is 11.4 Å². The Morgan fingerprint density at radius 3 is 2.61 bits per heavy atom. The number of carbonyl (C=O) groups is 3. The van der Waals surface area contributed by atoms with Gasteiger partial charge in [-0.2, -0.15) is 4.98 Å². The van der Waals surface area contributed by atoms with Crippen molar-refractivity contribution in [2.24, 2.45) is 0 Å². The van der Waals surface area contributed by atoms with Crippen molar-refractivity contribution in [2.75, 3.05) is 16.8 Å². The van der Waals surface area contributed by atoms with E-state index >= 15 is 0 Å². The lowest BCUT2D eigenvalue weighted by atomic mass is 9.98. The molecule has 1 N–H and O–H groups in total. The summed E-state index contributed by atoms with van der Waals surface area (Å²) in [5, 5.41) is 6.82. The maximum Gasteiger partial charge on any atom is 0.257 e. The van der Waals surface area contributed by atoms with Gasteiger partial charge in [0.2, 0.25) is 23.5 Å². The van der Waals surface area contributed by atoms with Gasteiger partial charge in [-0.15, -0.1) is 0 Å². The van der Waals surface area contributed by atoms with Crippen LogP contribution in [-0.2, 0) is 9.59 Å². The molecule has 0 spiro atoms. The number of hydrogen-bond acceptors (Lipinski definition) is 6. The molecular weight excluding hydrogens is 422 g/mol. The fourth-order valence-electron chi connectivity index (χ4n) is 4.66. The van der Waals surface area contributed by atoms with Gasteiger partial charge < -0.3 is 14.7 Å². The molecule has 2 aliphatic rings. The van der Waals surface area contributed by atoms with E-state index < -0.39 is 5.66 Å². The highest BCUT2D eigenvalue weighted by Crippen LogP contribution is 2.44. The van der Waals surface area contributed by atoms with Crippen molar-refractivity contribution in [3.63, 3.8) is 0 Å². The molecule has 9 nitrogen and oxygen atoms in total. The van der Waals surface area contributed by atoms with Crippen molar-refractivity contribution in [1.82, 2.24) is 15.0 Å². The van der Waals surface area contributed by atoms with E-state index in [1.807, 2.05) is 19.1 Å². The molecule has 0 aliphatic carbocycles. The van der Waals surface area contributed by atoms with E-state index in [4.69, 9.17) is 4.52 Å². The summed E-state index contributed by atoms with van der Waals surface area (Å²) in [4.78, 5) is 46.4. The van der Waals surface area contributed by atoms with Crippen LogP contribution >= 0.6 is 0 Å². The summed E-state index contributed by atoms with van der Waals surface area (Å²) < 4.78 is 5.06. The van der Waals surface area contributed by atoms with E-state index in [1.165, 1.54) is 0 Å². The number of para-hydroxylation sites is 2. The number of benzene rings is 2. The van der Waals surface area contributed by atoms with Gasteiger partial charge in [0.15, 0.2) is 0 Å². The molecule has 1 atom stereocenters. The Kier molecular flexibility index (Phi) is 4.96. The first-order valence-corrected chi connectivity index (χ1v) is 10.8. The van der Waals surface area contributed by atoms with Gasteiger partial charge in [-0.25, -0.2) is 0 Å². The molecule has 168 valence electrons. The van der Waals surface area contributed by atoms with E-state index in [1.54, 1.807) is 53.1 Å². The summed E-state index contributed by atoms with van der Waals surface area (Å²) in [5.41, 5.74) is 1.52. The van der Waals surface area contributed by atoms with E-state index in [0.29, 0.717) is 47.1 Å². The average molecular weight is 445 g/mol. The molecule has 1 fully saturated rings. The lowest BCUT2D eigenvalue weighted by Gasteiger charge is -2.48. The maximum absolute atomic E-state index is 13.3. The first-order valence-electron chi connectivity index (χ1n) is 10.8. The fourth-order valence-corrected chi connectivity index (χ4v) is 4.66. The largest absolute Gasteiger partial charge is 0.339 e. The van der Waals surface area contributed by atoms with Crippen LogP contribution in [0.25, 0.3) is 11.4 Å². The van der Waals surface area contributed by atoms with Gasteiger partial charge in [-0.1, -0.05) is 29.4 Å². The van der Waals surface area contributed by atoms with Crippen molar-refractivity contribution in [2.45, 2.75) is 38.8 Å². The third-order valence-electron chi connectivity index (χ3n) is 6.28. The SMILES string of the molecule is Cc1nc(-c2ccccc2NC(=O)CCN2C(=O)c3ccccc3N3C(=O)CCC23C)no1. The summed E-state index contributed by atoms with van der Waals surface area (Å²) in [6, 6.07) is 14.3. The van der Waals surface area contributed by atoms with Crippen LogP contribution in [0.2, 0.25) is 0 Å². The minimum Gasteiger partial charge on any atom is -0.339 e. The summed E-state index contributed by atoms with van der Waals surface area (Å²) in [6.45, 7) is 3.77. The summed E-state index contributed by atoms with van der Waals surface area (Å²) in [7, 11) is 0. The highest BCUT2D eigenvalue weighted by atomic mass is 16.5. The molecule has 0 radical (unpaired) electrons. The highest BCUT2D eigenvalue weighted by Gasteiger charge is 2.52. The van der Waals surface area contributed by atoms with Crippen LogP contribution in [0.5, 0.6) is 0 Å². The second-order valence-electron chi connectivity index (χ2n) is 8.40. The van der Waals surface area contributed by atoms with Crippen LogP contribution in [0.1, 0.15) is 42.4 Å². The number of rotatable bonds is 5. The molecular formula is C24H23N5O4. The van der Waals surface area contributed by atoms with Crippen molar-refractivity contribution in [1.29, 1.82) is 0 Å². The number of carbonyl (C=O) groups excluding carboxylic acids is 3. The fraction of sp³-hybridized carbons (Fsp3) is 0.292. The maximum atomic E-state index is 13.3. The molecule has 3 aromatic rings. The Labute approximate surface area is 190 Å². The summed E-state index contributed by atoms with van der Waals surface area (Å²) in [5.74, 6) is 0.373. The minimum absolute atomic E-state index is 0.0174. The Hall–Kier alpha value is -4.01. The Morgan fingerprint density at radius 1 is 1.12 bits per heavy atom. The molecule has 1 unspecified atom stereocenters. The number of aromatic nitrogens is 2. The van der Waals surface area contributed by atoms with Crippen molar-refractivity contribution in [3.05, 3.63) is 60.0 Å². The van der Waals surface area contributed by atoms with Gasteiger partial charge in [0.1, 0.15) is 5.66 Å². The van der Waals surface area contributed by atoms with Gasteiger partial charge in [0, 0.05) is 31.9 Å². The number of amides is 3. The highest BCUT2D eigenvalue weighted by molar-refractivity contribution is 6.10. The minimum atomic E-state index is -0.789. The van der Waals surface area contributed by atoms with E-state index in [9.17, 15) is 14.4 Å². The zero-order valence-electron chi connectivity index (χ0n) is 18.4. The third kappa shape index (κ3) is 3.45. The van der Waals surface area contributed by atoms with Crippen LogP contribution in [-0.4, -0.2) is 45.0 Å². The van der Waals surface area contributed by atoms with Crippen molar-refractivity contribution >= 4 is 29.1 Å². The topological polar surface area (TPSA) is 109 Å². The first kappa shape index (κ1) is 20.9. The number of anilines is 2. The zero-order chi connectivity index (χ0) is 23.2. The Bertz CT molecular complexity index is 1270.